The van der Waals surface area contributed by atoms with Crippen molar-refractivity contribution in [1.29, 1.82) is 0 Å². The third kappa shape index (κ3) is 2.33. The fourth-order valence-corrected chi connectivity index (χ4v) is 2.66. The summed E-state index contributed by atoms with van der Waals surface area (Å²) >= 11 is 3.43. The standard InChI is InChI=1S/C15H13BrO3/c1-9-2-4-10(5-3-9)14(17)11-6-12(16)15-13(7-11)18-8-19-15/h2-7,14,17H,8H2,1H3. The summed E-state index contributed by atoms with van der Waals surface area (Å²) in [6.07, 6.45) is -0.675. The molecule has 3 nitrogen and oxygen atoms in total. The summed E-state index contributed by atoms with van der Waals surface area (Å²) < 4.78 is 11.5. The van der Waals surface area contributed by atoms with Gasteiger partial charge in [0.25, 0.3) is 0 Å². The highest BCUT2D eigenvalue weighted by Crippen LogP contribution is 2.42. The van der Waals surface area contributed by atoms with Crippen LogP contribution in [0.4, 0.5) is 0 Å². The highest BCUT2D eigenvalue weighted by molar-refractivity contribution is 9.10. The van der Waals surface area contributed by atoms with Crippen molar-refractivity contribution in [2.45, 2.75) is 13.0 Å². The number of aryl methyl sites for hydroxylation is 1. The Labute approximate surface area is 119 Å². The van der Waals surface area contributed by atoms with Crippen LogP contribution in [0.3, 0.4) is 0 Å². The van der Waals surface area contributed by atoms with Crippen molar-refractivity contribution in [2.75, 3.05) is 6.79 Å². The largest absolute Gasteiger partial charge is 0.454 e. The molecule has 0 bridgehead atoms. The van der Waals surface area contributed by atoms with Crippen LogP contribution in [-0.4, -0.2) is 11.9 Å². The van der Waals surface area contributed by atoms with Crippen molar-refractivity contribution in [3.8, 4) is 11.5 Å². The predicted octanol–water partition coefficient (Wildman–Crippen LogP) is 3.57. The molecule has 0 saturated heterocycles. The molecule has 2 aromatic carbocycles. The van der Waals surface area contributed by atoms with Crippen molar-refractivity contribution >= 4 is 15.9 Å². The first-order chi connectivity index (χ1) is 9.15. The summed E-state index contributed by atoms with van der Waals surface area (Å²) in [6.45, 7) is 2.24. The molecule has 19 heavy (non-hydrogen) atoms. The summed E-state index contributed by atoms with van der Waals surface area (Å²) in [4.78, 5) is 0. The van der Waals surface area contributed by atoms with Gasteiger partial charge in [0.1, 0.15) is 6.10 Å². The maximum absolute atomic E-state index is 10.4. The summed E-state index contributed by atoms with van der Waals surface area (Å²) in [6, 6.07) is 11.5. The zero-order chi connectivity index (χ0) is 13.4. The molecule has 1 atom stereocenters. The smallest absolute Gasteiger partial charge is 0.231 e. The summed E-state index contributed by atoms with van der Waals surface area (Å²) in [5.41, 5.74) is 2.80. The molecule has 3 rings (SSSR count). The third-order valence-electron chi connectivity index (χ3n) is 3.16. The van der Waals surface area contributed by atoms with Crippen molar-refractivity contribution in [1.82, 2.24) is 0 Å². The van der Waals surface area contributed by atoms with Gasteiger partial charge in [-0.2, -0.15) is 0 Å². The fourth-order valence-electron chi connectivity index (χ4n) is 2.09. The SMILES string of the molecule is Cc1ccc(C(O)c2cc(Br)c3c(c2)OCO3)cc1. The molecule has 0 saturated carbocycles. The Balaban J connectivity index is 1.98. The first-order valence-electron chi connectivity index (χ1n) is 5.99. The van der Waals surface area contributed by atoms with E-state index in [1.54, 1.807) is 0 Å². The van der Waals surface area contributed by atoms with E-state index in [-0.39, 0.29) is 6.79 Å². The van der Waals surface area contributed by atoms with Gasteiger partial charge in [-0.3, -0.25) is 0 Å². The van der Waals surface area contributed by atoms with Gasteiger partial charge in [-0.25, -0.2) is 0 Å². The average molecular weight is 321 g/mol. The minimum atomic E-state index is -0.675. The minimum Gasteiger partial charge on any atom is -0.454 e. The van der Waals surface area contributed by atoms with Gasteiger partial charge in [-0.15, -0.1) is 0 Å². The van der Waals surface area contributed by atoms with Gasteiger partial charge in [-0.1, -0.05) is 29.8 Å². The third-order valence-corrected chi connectivity index (χ3v) is 3.75. The number of halogens is 1. The quantitative estimate of drug-likeness (QED) is 0.919. The van der Waals surface area contributed by atoms with Crippen molar-refractivity contribution in [2.24, 2.45) is 0 Å². The number of ether oxygens (including phenoxy) is 2. The highest BCUT2D eigenvalue weighted by atomic mass is 79.9. The molecule has 0 aromatic heterocycles. The number of hydrogen-bond donors (Lipinski definition) is 1. The van der Waals surface area contributed by atoms with Crippen LogP contribution in [0.2, 0.25) is 0 Å². The summed E-state index contributed by atoms with van der Waals surface area (Å²) in [5.74, 6) is 1.36. The molecule has 0 amide bonds. The zero-order valence-electron chi connectivity index (χ0n) is 10.4. The van der Waals surface area contributed by atoms with E-state index in [4.69, 9.17) is 9.47 Å². The van der Waals surface area contributed by atoms with Crippen molar-refractivity contribution in [3.05, 3.63) is 57.6 Å². The number of benzene rings is 2. The van der Waals surface area contributed by atoms with Crippen LogP contribution in [-0.2, 0) is 0 Å². The molecule has 0 spiro atoms. The second-order valence-corrected chi connectivity index (χ2v) is 5.40. The van der Waals surface area contributed by atoms with Gasteiger partial charge in [0.05, 0.1) is 4.47 Å². The summed E-state index contributed by atoms with van der Waals surface area (Å²) in [7, 11) is 0. The van der Waals surface area contributed by atoms with Crippen LogP contribution in [0.25, 0.3) is 0 Å². The van der Waals surface area contributed by atoms with E-state index in [9.17, 15) is 5.11 Å². The van der Waals surface area contributed by atoms with E-state index in [0.717, 1.165) is 15.6 Å². The molecule has 0 radical (unpaired) electrons. The van der Waals surface area contributed by atoms with Crippen LogP contribution in [0, 0.1) is 6.92 Å². The molecular formula is C15H13BrO3. The van der Waals surface area contributed by atoms with Gasteiger partial charge in [0, 0.05) is 0 Å². The number of hydrogen-bond acceptors (Lipinski definition) is 3. The van der Waals surface area contributed by atoms with Gasteiger partial charge in [-0.05, 0) is 46.1 Å². The molecule has 4 heteroatoms. The Morgan fingerprint density at radius 2 is 1.84 bits per heavy atom. The lowest BCUT2D eigenvalue weighted by atomic mass is 10.0. The maximum atomic E-state index is 10.4. The summed E-state index contributed by atoms with van der Waals surface area (Å²) in [5, 5.41) is 10.4. The molecule has 0 aliphatic carbocycles. The van der Waals surface area contributed by atoms with Gasteiger partial charge in [0.15, 0.2) is 11.5 Å². The molecule has 1 aliphatic heterocycles. The van der Waals surface area contributed by atoms with Crippen molar-refractivity contribution < 1.29 is 14.6 Å². The highest BCUT2D eigenvalue weighted by Gasteiger charge is 2.21. The van der Waals surface area contributed by atoms with E-state index in [2.05, 4.69) is 15.9 Å². The Morgan fingerprint density at radius 3 is 2.58 bits per heavy atom. The van der Waals surface area contributed by atoms with E-state index in [1.807, 2.05) is 43.3 Å². The lowest BCUT2D eigenvalue weighted by molar-refractivity contribution is 0.173. The topological polar surface area (TPSA) is 38.7 Å². The number of rotatable bonds is 2. The Hall–Kier alpha value is -1.52. The second-order valence-electron chi connectivity index (χ2n) is 4.55. The average Bonchev–Trinajstić information content (AvgIpc) is 2.87. The first kappa shape index (κ1) is 12.5. The van der Waals surface area contributed by atoms with Gasteiger partial charge < -0.3 is 14.6 Å². The maximum Gasteiger partial charge on any atom is 0.231 e. The van der Waals surface area contributed by atoms with Crippen molar-refractivity contribution in [3.63, 3.8) is 0 Å². The van der Waals surface area contributed by atoms with Gasteiger partial charge >= 0.3 is 0 Å². The van der Waals surface area contributed by atoms with Gasteiger partial charge in [0.2, 0.25) is 6.79 Å². The lowest BCUT2D eigenvalue weighted by Crippen LogP contribution is -1.99. The molecular weight excluding hydrogens is 308 g/mol. The minimum absolute atomic E-state index is 0.220. The number of aliphatic hydroxyl groups is 1. The first-order valence-corrected chi connectivity index (χ1v) is 6.78. The molecule has 2 aromatic rings. The van der Waals surface area contributed by atoms with Crippen LogP contribution < -0.4 is 9.47 Å². The molecule has 0 fully saturated rings. The normalized spacial score (nSPS) is 14.5. The van der Waals surface area contributed by atoms with Crippen LogP contribution >= 0.6 is 15.9 Å². The Bertz CT molecular complexity index is 608. The second kappa shape index (κ2) is 4.87. The molecule has 1 unspecified atom stereocenters. The number of aliphatic hydroxyl groups excluding tert-OH is 1. The molecule has 1 heterocycles. The van der Waals surface area contributed by atoms with E-state index < -0.39 is 6.10 Å². The molecule has 1 aliphatic rings. The van der Waals surface area contributed by atoms with Crippen LogP contribution in [0.15, 0.2) is 40.9 Å². The number of fused-ring (bicyclic) bond motifs is 1. The Kier molecular flexibility index (Phi) is 3.21. The lowest BCUT2D eigenvalue weighted by Gasteiger charge is -2.13. The fraction of sp³-hybridized carbons (Fsp3) is 0.200. The van der Waals surface area contributed by atoms with Crippen LogP contribution in [0.5, 0.6) is 11.5 Å². The Morgan fingerprint density at radius 1 is 1.11 bits per heavy atom. The predicted molar refractivity (Wildman–Crippen MR) is 75.5 cm³/mol. The van der Waals surface area contributed by atoms with E-state index >= 15 is 0 Å². The van der Waals surface area contributed by atoms with E-state index in [0.29, 0.717) is 11.5 Å². The molecule has 1 N–H and O–H groups in total. The van der Waals surface area contributed by atoms with Crippen LogP contribution in [0.1, 0.15) is 22.8 Å². The molecule has 98 valence electrons. The monoisotopic (exact) mass is 320 g/mol. The zero-order valence-corrected chi connectivity index (χ0v) is 12.0. The van der Waals surface area contributed by atoms with E-state index in [1.165, 1.54) is 5.56 Å².